The van der Waals surface area contributed by atoms with Gasteiger partial charge >= 0.3 is 0 Å². The van der Waals surface area contributed by atoms with E-state index in [4.69, 9.17) is 9.40 Å². The molecule has 1 fully saturated rings. The average molecular weight is 332 g/mol. The first-order valence-corrected chi connectivity index (χ1v) is 8.69. The molecule has 1 aliphatic rings. The highest BCUT2D eigenvalue weighted by molar-refractivity contribution is 5.79. The lowest BCUT2D eigenvalue weighted by atomic mass is 10.1. The van der Waals surface area contributed by atoms with E-state index in [0.29, 0.717) is 18.9 Å². The molecule has 0 spiro atoms. The zero-order valence-corrected chi connectivity index (χ0v) is 14.2. The molecule has 4 heteroatoms. The van der Waals surface area contributed by atoms with Crippen LogP contribution in [0.15, 0.2) is 65.1 Å². The van der Waals surface area contributed by atoms with Crippen molar-refractivity contribution >= 4 is 5.91 Å². The van der Waals surface area contributed by atoms with Gasteiger partial charge in [-0.05, 0) is 13.3 Å². The van der Waals surface area contributed by atoms with Crippen molar-refractivity contribution < 1.29 is 9.21 Å². The van der Waals surface area contributed by atoms with Crippen molar-refractivity contribution in [3.05, 3.63) is 66.6 Å². The Morgan fingerprint density at radius 3 is 2.32 bits per heavy atom. The number of carbonyl (C=O) groups excluding carboxylic acids is 1. The van der Waals surface area contributed by atoms with Gasteiger partial charge in [0, 0.05) is 24.1 Å². The summed E-state index contributed by atoms with van der Waals surface area (Å²) in [6.07, 6.45) is 1.32. The normalized spacial score (nSPS) is 17.2. The maximum Gasteiger partial charge on any atom is 0.223 e. The van der Waals surface area contributed by atoms with Gasteiger partial charge < -0.3 is 9.32 Å². The fourth-order valence-corrected chi connectivity index (χ4v) is 3.44. The highest BCUT2D eigenvalue weighted by Gasteiger charge is 2.35. The average Bonchev–Trinajstić information content (AvgIpc) is 3.26. The van der Waals surface area contributed by atoms with E-state index in [1.807, 2.05) is 72.5 Å². The summed E-state index contributed by atoms with van der Waals surface area (Å²) in [4.78, 5) is 18.7. The Bertz CT molecular complexity index is 814. The molecule has 0 aliphatic carbocycles. The molecule has 1 aromatic heterocycles. The molecule has 0 radical (unpaired) electrons. The van der Waals surface area contributed by atoms with Crippen molar-refractivity contribution in [1.82, 2.24) is 9.88 Å². The second-order valence-corrected chi connectivity index (χ2v) is 6.20. The van der Waals surface area contributed by atoms with Crippen LogP contribution in [0.25, 0.3) is 22.6 Å². The van der Waals surface area contributed by atoms with Crippen LogP contribution in [0.1, 0.15) is 31.7 Å². The predicted octanol–water partition coefficient (Wildman–Crippen LogP) is 4.69. The molecule has 0 saturated carbocycles. The number of rotatable bonds is 4. The number of hydrogen-bond acceptors (Lipinski definition) is 3. The quantitative estimate of drug-likeness (QED) is 0.696. The first-order valence-electron chi connectivity index (χ1n) is 8.69. The summed E-state index contributed by atoms with van der Waals surface area (Å²) in [5.74, 6) is 1.57. The highest BCUT2D eigenvalue weighted by Crippen LogP contribution is 2.38. The first kappa shape index (κ1) is 15.6. The monoisotopic (exact) mass is 332 g/mol. The molecule has 4 nitrogen and oxygen atoms in total. The van der Waals surface area contributed by atoms with Crippen LogP contribution < -0.4 is 0 Å². The van der Waals surface area contributed by atoms with Crippen molar-refractivity contribution in [2.75, 3.05) is 6.54 Å². The summed E-state index contributed by atoms with van der Waals surface area (Å²) in [6, 6.07) is 20.0. The van der Waals surface area contributed by atoms with E-state index in [2.05, 4.69) is 0 Å². The Hall–Kier alpha value is -2.88. The summed E-state index contributed by atoms with van der Waals surface area (Å²) in [5.41, 5.74) is 2.84. The van der Waals surface area contributed by atoms with E-state index in [9.17, 15) is 4.79 Å². The molecule has 3 aromatic rings. The van der Waals surface area contributed by atoms with Gasteiger partial charge in [-0.25, -0.2) is 4.98 Å². The van der Waals surface area contributed by atoms with Crippen molar-refractivity contribution in [3.8, 4) is 22.6 Å². The van der Waals surface area contributed by atoms with Gasteiger partial charge in [-0.15, -0.1) is 0 Å². The Kier molecular flexibility index (Phi) is 4.10. The molecule has 1 aliphatic heterocycles. The molecule has 2 aromatic carbocycles. The van der Waals surface area contributed by atoms with Crippen molar-refractivity contribution in [1.29, 1.82) is 0 Å². The Morgan fingerprint density at radius 2 is 1.68 bits per heavy atom. The fourth-order valence-electron chi connectivity index (χ4n) is 3.44. The Balaban J connectivity index is 1.83. The van der Waals surface area contributed by atoms with Crippen LogP contribution in [0, 0.1) is 0 Å². The summed E-state index contributed by atoms with van der Waals surface area (Å²) in [5, 5.41) is 0. The molecule has 2 heterocycles. The van der Waals surface area contributed by atoms with Crippen LogP contribution >= 0.6 is 0 Å². The van der Waals surface area contributed by atoms with Crippen LogP contribution in [0.2, 0.25) is 0 Å². The zero-order valence-electron chi connectivity index (χ0n) is 14.2. The van der Waals surface area contributed by atoms with Gasteiger partial charge in [0.2, 0.25) is 11.8 Å². The smallest absolute Gasteiger partial charge is 0.223 e. The van der Waals surface area contributed by atoms with E-state index in [-0.39, 0.29) is 11.9 Å². The number of oxazole rings is 1. The maximum atomic E-state index is 12.1. The summed E-state index contributed by atoms with van der Waals surface area (Å²) in [6.45, 7) is 2.67. The second kappa shape index (κ2) is 6.55. The van der Waals surface area contributed by atoms with Crippen molar-refractivity contribution in [2.24, 2.45) is 0 Å². The molecule has 4 rings (SSSR count). The topological polar surface area (TPSA) is 46.3 Å². The van der Waals surface area contributed by atoms with E-state index < -0.39 is 0 Å². The standard InChI is InChI=1S/C21H20N2O2/c1-2-23-17(13-14-18(23)24)21-22-19(15-9-5-3-6-10-15)20(25-21)16-11-7-4-8-12-16/h3-12,17H,2,13-14H2,1H3. The molecule has 0 N–H and O–H groups in total. The summed E-state index contributed by atoms with van der Waals surface area (Å²) >= 11 is 0. The SMILES string of the molecule is CCN1C(=O)CCC1c1nc(-c2ccccc2)c(-c2ccccc2)o1. The molecule has 1 amide bonds. The molecule has 25 heavy (non-hydrogen) atoms. The van der Waals surface area contributed by atoms with Gasteiger partial charge in [0.15, 0.2) is 5.76 Å². The van der Waals surface area contributed by atoms with E-state index >= 15 is 0 Å². The zero-order chi connectivity index (χ0) is 17.2. The van der Waals surface area contributed by atoms with Gasteiger partial charge in [-0.2, -0.15) is 0 Å². The van der Waals surface area contributed by atoms with Gasteiger partial charge in [0.1, 0.15) is 11.7 Å². The van der Waals surface area contributed by atoms with Crippen LogP contribution in [0.4, 0.5) is 0 Å². The van der Waals surface area contributed by atoms with Gasteiger partial charge in [-0.3, -0.25) is 4.79 Å². The third-order valence-electron chi connectivity index (χ3n) is 4.68. The minimum absolute atomic E-state index is 0.0718. The van der Waals surface area contributed by atoms with E-state index in [1.165, 1.54) is 0 Å². The first-order chi connectivity index (χ1) is 12.3. The summed E-state index contributed by atoms with van der Waals surface area (Å²) in [7, 11) is 0. The maximum absolute atomic E-state index is 12.1. The fraction of sp³-hybridized carbons (Fsp3) is 0.238. The molecular weight excluding hydrogens is 312 g/mol. The van der Waals surface area contributed by atoms with Crippen LogP contribution in [0.5, 0.6) is 0 Å². The number of amides is 1. The van der Waals surface area contributed by atoms with Crippen LogP contribution in [-0.2, 0) is 4.79 Å². The Morgan fingerprint density at radius 1 is 1.04 bits per heavy atom. The highest BCUT2D eigenvalue weighted by atomic mass is 16.4. The lowest BCUT2D eigenvalue weighted by Gasteiger charge is -2.20. The number of likely N-dealkylation sites (tertiary alicyclic amines) is 1. The minimum Gasteiger partial charge on any atom is -0.438 e. The second-order valence-electron chi connectivity index (χ2n) is 6.20. The third-order valence-corrected chi connectivity index (χ3v) is 4.68. The van der Waals surface area contributed by atoms with E-state index in [0.717, 1.165) is 29.0 Å². The summed E-state index contributed by atoms with van der Waals surface area (Å²) < 4.78 is 6.21. The third kappa shape index (κ3) is 2.84. The van der Waals surface area contributed by atoms with Gasteiger partial charge in [0.05, 0.1) is 0 Å². The number of hydrogen-bond donors (Lipinski definition) is 0. The van der Waals surface area contributed by atoms with Crippen LogP contribution in [0.3, 0.4) is 0 Å². The number of benzene rings is 2. The van der Waals surface area contributed by atoms with Crippen LogP contribution in [-0.4, -0.2) is 22.3 Å². The molecule has 126 valence electrons. The molecular formula is C21H20N2O2. The van der Waals surface area contributed by atoms with Gasteiger partial charge in [0.25, 0.3) is 0 Å². The van der Waals surface area contributed by atoms with Crippen molar-refractivity contribution in [3.63, 3.8) is 0 Å². The minimum atomic E-state index is -0.0718. The number of carbonyl (C=O) groups is 1. The predicted molar refractivity (Wildman–Crippen MR) is 96.7 cm³/mol. The van der Waals surface area contributed by atoms with Crippen molar-refractivity contribution in [2.45, 2.75) is 25.8 Å². The molecule has 1 saturated heterocycles. The Labute approximate surface area is 147 Å². The number of aromatic nitrogens is 1. The number of nitrogens with zero attached hydrogens (tertiary/aromatic N) is 2. The van der Waals surface area contributed by atoms with Gasteiger partial charge in [-0.1, -0.05) is 60.7 Å². The van der Waals surface area contributed by atoms with E-state index in [1.54, 1.807) is 0 Å². The lowest BCUT2D eigenvalue weighted by molar-refractivity contribution is -0.129. The lowest BCUT2D eigenvalue weighted by Crippen LogP contribution is -2.27. The molecule has 1 atom stereocenters. The largest absolute Gasteiger partial charge is 0.438 e. The molecule has 0 bridgehead atoms. The molecule has 1 unspecified atom stereocenters.